The van der Waals surface area contributed by atoms with Crippen molar-refractivity contribution in [2.75, 3.05) is 6.54 Å². The van der Waals surface area contributed by atoms with Crippen molar-refractivity contribution >= 4 is 0 Å². The summed E-state index contributed by atoms with van der Waals surface area (Å²) in [6, 6.07) is 5.63. The van der Waals surface area contributed by atoms with E-state index in [2.05, 4.69) is 11.4 Å². The second-order valence-corrected chi connectivity index (χ2v) is 3.71. The van der Waals surface area contributed by atoms with Gasteiger partial charge in [-0.2, -0.15) is 0 Å². The van der Waals surface area contributed by atoms with Crippen LogP contribution in [0.4, 0.5) is 4.39 Å². The van der Waals surface area contributed by atoms with Crippen LogP contribution in [0.2, 0.25) is 0 Å². The summed E-state index contributed by atoms with van der Waals surface area (Å²) in [6.07, 6.45) is 2.32. The van der Waals surface area contributed by atoms with E-state index in [0.29, 0.717) is 6.04 Å². The third-order valence-corrected chi connectivity index (χ3v) is 2.53. The standard InChI is InChI=1S/C11H14FN/c1-8-5-9(7-10(12)6-8)11-3-2-4-13-11/h5-7,11,13H,2-4H2,1H3. The molecule has 1 heterocycles. The van der Waals surface area contributed by atoms with E-state index in [1.807, 2.05) is 6.92 Å². The summed E-state index contributed by atoms with van der Waals surface area (Å²) >= 11 is 0. The summed E-state index contributed by atoms with van der Waals surface area (Å²) in [5.74, 6) is -0.122. The number of aryl methyl sites for hydroxylation is 1. The zero-order valence-corrected chi connectivity index (χ0v) is 7.81. The van der Waals surface area contributed by atoms with Gasteiger partial charge < -0.3 is 5.32 Å². The third kappa shape index (κ3) is 1.89. The molecule has 1 aliphatic heterocycles. The molecule has 1 saturated heterocycles. The molecule has 1 unspecified atom stereocenters. The molecule has 2 rings (SSSR count). The summed E-state index contributed by atoms with van der Waals surface area (Å²) in [4.78, 5) is 0. The maximum atomic E-state index is 13.1. The van der Waals surface area contributed by atoms with Gasteiger partial charge in [0.2, 0.25) is 0 Å². The number of nitrogens with one attached hydrogen (secondary N) is 1. The van der Waals surface area contributed by atoms with Crippen LogP contribution in [0.3, 0.4) is 0 Å². The zero-order chi connectivity index (χ0) is 9.26. The fraction of sp³-hybridized carbons (Fsp3) is 0.455. The quantitative estimate of drug-likeness (QED) is 0.698. The molecule has 0 saturated carbocycles. The minimum atomic E-state index is -0.122. The first kappa shape index (κ1) is 8.70. The monoisotopic (exact) mass is 179 g/mol. The zero-order valence-electron chi connectivity index (χ0n) is 7.81. The maximum absolute atomic E-state index is 13.1. The lowest BCUT2D eigenvalue weighted by Crippen LogP contribution is -2.13. The average molecular weight is 179 g/mol. The minimum Gasteiger partial charge on any atom is -0.310 e. The van der Waals surface area contributed by atoms with Gasteiger partial charge >= 0.3 is 0 Å². The van der Waals surface area contributed by atoms with E-state index >= 15 is 0 Å². The van der Waals surface area contributed by atoms with E-state index in [1.54, 1.807) is 12.1 Å². The van der Waals surface area contributed by atoms with E-state index in [0.717, 1.165) is 24.1 Å². The van der Waals surface area contributed by atoms with Crippen molar-refractivity contribution in [2.45, 2.75) is 25.8 Å². The molecule has 1 aliphatic rings. The lowest BCUT2D eigenvalue weighted by atomic mass is 10.0. The topological polar surface area (TPSA) is 12.0 Å². The molecule has 0 bridgehead atoms. The normalized spacial score (nSPS) is 22.2. The van der Waals surface area contributed by atoms with Gasteiger partial charge in [-0.25, -0.2) is 4.39 Å². The molecule has 70 valence electrons. The Hall–Kier alpha value is -0.890. The Balaban J connectivity index is 2.28. The van der Waals surface area contributed by atoms with Gasteiger partial charge in [0, 0.05) is 6.04 Å². The molecule has 1 nitrogen and oxygen atoms in total. The summed E-state index contributed by atoms with van der Waals surface area (Å²) in [6.45, 7) is 2.99. The van der Waals surface area contributed by atoms with Gasteiger partial charge in [0.25, 0.3) is 0 Å². The van der Waals surface area contributed by atoms with Crippen molar-refractivity contribution in [3.05, 3.63) is 35.1 Å². The van der Waals surface area contributed by atoms with Gasteiger partial charge in [-0.1, -0.05) is 6.07 Å². The maximum Gasteiger partial charge on any atom is 0.123 e. The van der Waals surface area contributed by atoms with Crippen LogP contribution in [-0.4, -0.2) is 6.54 Å². The van der Waals surface area contributed by atoms with Gasteiger partial charge in [0.05, 0.1) is 0 Å². The fourth-order valence-corrected chi connectivity index (χ4v) is 1.93. The molecule has 2 heteroatoms. The summed E-state index contributed by atoms with van der Waals surface area (Å²) in [5, 5.41) is 3.36. The molecule has 0 radical (unpaired) electrons. The van der Waals surface area contributed by atoms with Crippen LogP contribution in [0.25, 0.3) is 0 Å². The van der Waals surface area contributed by atoms with Crippen molar-refractivity contribution in [2.24, 2.45) is 0 Å². The molecule has 1 fully saturated rings. The Labute approximate surface area is 78.0 Å². The number of halogens is 1. The van der Waals surface area contributed by atoms with Crippen LogP contribution in [0.5, 0.6) is 0 Å². The molecule has 1 N–H and O–H groups in total. The van der Waals surface area contributed by atoms with E-state index in [4.69, 9.17) is 0 Å². The molecule has 1 aromatic rings. The Morgan fingerprint density at radius 1 is 1.38 bits per heavy atom. The Bertz CT molecular complexity index is 283. The van der Waals surface area contributed by atoms with E-state index in [1.165, 1.54) is 6.42 Å². The van der Waals surface area contributed by atoms with Gasteiger partial charge in [-0.05, 0) is 49.6 Å². The lowest BCUT2D eigenvalue weighted by molar-refractivity contribution is 0.605. The molecule has 1 aromatic carbocycles. The molecule has 1 atom stereocenters. The molecular weight excluding hydrogens is 165 g/mol. The predicted octanol–water partition coefficient (Wildman–Crippen LogP) is 2.56. The number of hydrogen-bond acceptors (Lipinski definition) is 1. The smallest absolute Gasteiger partial charge is 0.123 e. The Morgan fingerprint density at radius 2 is 2.23 bits per heavy atom. The van der Waals surface area contributed by atoms with Crippen molar-refractivity contribution < 1.29 is 4.39 Å². The molecular formula is C11H14FN. The SMILES string of the molecule is Cc1cc(F)cc(C2CCCN2)c1. The molecule has 0 spiro atoms. The van der Waals surface area contributed by atoms with Gasteiger partial charge in [-0.3, -0.25) is 0 Å². The van der Waals surface area contributed by atoms with E-state index < -0.39 is 0 Å². The Morgan fingerprint density at radius 3 is 2.85 bits per heavy atom. The van der Waals surface area contributed by atoms with Crippen molar-refractivity contribution in [3.63, 3.8) is 0 Å². The van der Waals surface area contributed by atoms with Crippen molar-refractivity contribution in [3.8, 4) is 0 Å². The van der Waals surface area contributed by atoms with Crippen LogP contribution in [-0.2, 0) is 0 Å². The predicted molar refractivity (Wildman–Crippen MR) is 51.1 cm³/mol. The highest BCUT2D eigenvalue weighted by molar-refractivity contribution is 5.26. The van der Waals surface area contributed by atoms with Crippen LogP contribution in [0, 0.1) is 12.7 Å². The third-order valence-electron chi connectivity index (χ3n) is 2.53. The largest absolute Gasteiger partial charge is 0.310 e. The number of hydrogen-bond donors (Lipinski definition) is 1. The highest BCUT2D eigenvalue weighted by Gasteiger charge is 2.16. The van der Waals surface area contributed by atoms with Crippen molar-refractivity contribution in [1.82, 2.24) is 5.32 Å². The first-order valence-electron chi connectivity index (χ1n) is 4.76. The van der Waals surface area contributed by atoms with Gasteiger partial charge in [0.1, 0.15) is 5.82 Å². The second kappa shape index (κ2) is 3.46. The first-order valence-corrected chi connectivity index (χ1v) is 4.76. The van der Waals surface area contributed by atoms with Crippen molar-refractivity contribution in [1.29, 1.82) is 0 Å². The van der Waals surface area contributed by atoms with Gasteiger partial charge in [0.15, 0.2) is 0 Å². The molecule has 0 aliphatic carbocycles. The summed E-state index contributed by atoms with van der Waals surface area (Å²) in [7, 11) is 0. The molecule has 0 amide bonds. The van der Waals surface area contributed by atoms with E-state index in [-0.39, 0.29) is 5.82 Å². The average Bonchev–Trinajstić information content (AvgIpc) is 2.53. The lowest BCUT2D eigenvalue weighted by Gasteiger charge is -2.11. The highest BCUT2D eigenvalue weighted by atomic mass is 19.1. The molecule has 0 aromatic heterocycles. The van der Waals surface area contributed by atoms with Crippen LogP contribution in [0.1, 0.15) is 30.0 Å². The van der Waals surface area contributed by atoms with E-state index in [9.17, 15) is 4.39 Å². The number of rotatable bonds is 1. The van der Waals surface area contributed by atoms with Crippen LogP contribution >= 0.6 is 0 Å². The highest BCUT2D eigenvalue weighted by Crippen LogP contribution is 2.24. The minimum absolute atomic E-state index is 0.122. The molecule has 13 heavy (non-hydrogen) atoms. The van der Waals surface area contributed by atoms with Gasteiger partial charge in [-0.15, -0.1) is 0 Å². The van der Waals surface area contributed by atoms with Crippen LogP contribution < -0.4 is 5.32 Å². The number of benzene rings is 1. The first-order chi connectivity index (χ1) is 6.25. The fourth-order valence-electron chi connectivity index (χ4n) is 1.93. The summed E-state index contributed by atoms with van der Waals surface area (Å²) in [5.41, 5.74) is 2.10. The Kier molecular flexibility index (Phi) is 2.32. The summed E-state index contributed by atoms with van der Waals surface area (Å²) < 4.78 is 13.1. The second-order valence-electron chi connectivity index (χ2n) is 3.71. The van der Waals surface area contributed by atoms with Crippen LogP contribution in [0.15, 0.2) is 18.2 Å².